The molecule has 0 saturated carbocycles. The van der Waals surface area contributed by atoms with Gasteiger partial charge in [0.1, 0.15) is 0 Å². The highest BCUT2D eigenvalue weighted by Gasteiger charge is 2.28. The molecule has 3 rings (SSSR count). The minimum Gasteiger partial charge on any atom is -0.351 e. The first-order valence-corrected chi connectivity index (χ1v) is 7.79. The van der Waals surface area contributed by atoms with Crippen molar-refractivity contribution in [2.45, 2.75) is 25.7 Å². The molecule has 2 aromatic rings. The topological polar surface area (TPSA) is 114 Å². The predicted octanol–water partition coefficient (Wildman–Crippen LogP) is 1.89. The lowest BCUT2D eigenvalue weighted by Gasteiger charge is -2.31. The van der Waals surface area contributed by atoms with E-state index in [4.69, 9.17) is 10.3 Å². The third kappa shape index (κ3) is 3.53. The van der Waals surface area contributed by atoms with E-state index in [1.807, 2.05) is 0 Å². The first kappa shape index (κ1) is 16.0. The Morgan fingerprint density at radius 2 is 2.25 bits per heavy atom. The van der Waals surface area contributed by atoms with Gasteiger partial charge >= 0.3 is 6.03 Å². The number of likely N-dealkylation sites (tertiary alicyclic amines) is 1. The third-order valence-corrected chi connectivity index (χ3v) is 3.98. The standard InChI is InChI=1S/C16H19N5O3/c1-10-18-14(24-20-10)12-5-3-7-21(9-12)15(22)11-4-2-6-13(8-11)19-16(17)23/h2,4,6,8,12H,3,5,7,9H2,1H3,(H3,17,19,23). The molecule has 3 N–H and O–H groups in total. The highest BCUT2D eigenvalue weighted by atomic mass is 16.5. The smallest absolute Gasteiger partial charge is 0.316 e. The number of piperidine rings is 1. The van der Waals surface area contributed by atoms with Crippen molar-refractivity contribution in [2.24, 2.45) is 5.73 Å². The van der Waals surface area contributed by atoms with Crippen molar-refractivity contribution in [1.29, 1.82) is 0 Å². The van der Waals surface area contributed by atoms with Crippen LogP contribution in [0.15, 0.2) is 28.8 Å². The average Bonchev–Trinajstić information content (AvgIpc) is 3.00. The van der Waals surface area contributed by atoms with Crippen LogP contribution in [-0.4, -0.2) is 40.1 Å². The molecular formula is C16H19N5O3. The molecule has 1 aliphatic rings. The predicted molar refractivity (Wildman–Crippen MR) is 86.6 cm³/mol. The quantitative estimate of drug-likeness (QED) is 0.892. The van der Waals surface area contributed by atoms with Gasteiger partial charge < -0.3 is 20.5 Å². The van der Waals surface area contributed by atoms with E-state index >= 15 is 0 Å². The molecule has 1 atom stereocenters. The van der Waals surface area contributed by atoms with E-state index in [9.17, 15) is 9.59 Å². The van der Waals surface area contributed by atoms with Crippen LogP contribution in [0.3, 0.4) is 0 Å². The Morgan fingerprint density at radius 1 is 1.42 bits per heavy atom. The molecular weight excluding hydrogens is 310 g/mol. The van der Waals surface area contributed by atoms with Gasteiger partial charge in [-0.2, -0.15) is 4.98 Å². The van der Waals surface area contributed by atoms with Gasteiger partial charge in [0.15, 0.2) is 5.82 Å². The van der Waals surface area contributed by atoms with E-state index in [1.165, 1.54) is 0 Å². The molecule has 8 heteroatoms. The molecule has 0 aliphatic carbocycles. The van der Waals surface area contributed by atoms with Gasteiger partial charge in [-0.15, -0.1) is 0 Å². The highest BCUT2D eigenvalue weighted by Crippen LogP contribution is 2.27. The summed E-state index contributed by atoms with van der Waals surface area (Å²) in [5.41, 5.74) is 6.11. The van der Waals surface area contributed by atoms with Gasteiger partial charge in [-0.3, -0.25) is 4.79 Å². The van der Waals surface area contributed by atoms with E-state index in [0.717, 1.165) is 12.8 Å². The zero-order chi connectivity index (χ0) is 17.1. The number of benzene rings is 1. The second-order valence-electron chi connectivity index (χ2n) is 5.84. The van der Waals surface area contributed by atoms with Crippen molar-refractivity contribution in [2.75, 3.05) is 18.4 Å². The van der Waals surface area contributed by atoms with Crippen LogP contribution in [0.1, 0.15) is 40.8 Å². The number of aromatic nitrogens is 2. The van der Waals surface area contributed by atoms with E-state index in [0.29, 0.717) is 36.1 Å². The molecule has 24 heavy (non-hydrogen) atoms. The number of aryl methyl sites for hydroxylation is 1. The molecule has 0 spiro atoms. The zero-order valence-corrected chi connectivity index (χ0v) is 13.4. The number of hydrogen-bond acceptors (Lipinski definition) is 5. The minimum atomic E-state index is -0.663. The van der Waals surface area contributed by atoms with Crippen molar-refractivity contribution in [3.63, 3.8) is 0 Å². The third-order valence-electron chi connectivity index (χ3n) is 3.98. The lowest BCUT2D eigenvalue weighted by Crippen LogP contribution is -2.39. The number of nitrogens with zero attached hydrogens (tertiary/aromatic N) is 3. The normalized spacial score (nSPS) is 17.5. The molecule has 8 nitrogen and oxygen atoms in total. The Bertz CT molecular complexity index is 758. The van der Waals surface area contributed by atoms with Gasteiger partial charge in [0.25, 0.3) is 5.91 Å². The Kier molecular flexibility index (Phi) is 4.45. The lowest BCUT2D eigenvalue weighted by atomic mass is 9.97. The van der Waals surface area contributed by atoms with Gasteiger partial charge in [0, 0.05) is 24.3 Å². The fourth-order valence-corrected chi connectivity index (χ4v) is 2.90. The van der Waals surface area contributed by atoms with E-state index in [1.54, 1.807) is 36.1 Å². The van der Waals surface area contributed by atoms with Crippen molar-refractivity contribution in [3.8, 4) is 0 Å². The summed E-state index contributed by atoms with van der Waals surface area (Å²) in [5.74, 6) is 1.13. The Balaban J connectivity index is 1.73. The summed E-state index contributed by atoms with van der Waals surface area (Å²) in [5, 5.41) is 6.29. The molecule has 1 unspecified atom stereocenters. The summed E-state index contributed by atoms with van der Waals surface area (Å²) in [4.78, 5) is 29.7. The van der Waals surface area contributed by atoms with Crippen LogP contribution in [0.25, 0.3) is 0 Å². The van der Waals surface area contributed by atoms with Gasteiger partial charge in [-0.1, -0.05) is 11.2 Å². The van der Waals surface area contributed by atoms with Crippen LogP contribution in [0.4, 0.5) is 10.5 Å². The van der Waals surface area contributed by atoms with E-state index < -0.39 is 6.03 Å². The van der Waals surface area contributed by atoms with E-state index in [-0.39, 0.29) is 11.8 Å². The fraction of sp³-hybridized carbons (Fsp3) is 0.375. The molecule has 0 radical (unpaired) electrons. The number of amides is 3. The molecule has 1 fully saturated rings. The fourth-order valence-electron chi connectivity index (χ4n) is 2.90. The summed E-state index contributed by atoms with van der Waals surface area (Å²) >= 11 is 0. The van der Waals surface area contributed by atoms with Crippen molar-refractivity contribution >= 4 is 17.6 Å². The van der Waals surface area contributed by atoms with Crippen LogP contribution in [-0.2, 0) is 0 Å². The molecule has 1 aromatic carbocycles. The van der Waals surface area contributed by atoms with E-state index in [2.05, 4.69) is 15.5 Å². The molecule has 3 amide bonds. The number of carbonyl (C=O) groups excluding carboxylic acids is 2. The van der Waals surface area contributed by atoms with Gasteiger partial charge in [-0.05, 0) is 38.0 Å². The summed E-state index contributed by atoms with van der Waals surface area (Å²) in [6.07, 6.45) is 1.78. The maximum absolute atomic E-state index is 12.7. The van der Waals surface area contributed by atoms with Gasteiger partial charge in [0.2, 0.25) is 5.89 Å². The number of nitrogens with one attached hydrogen (secondary N) is 1. The molecule has 0 bridgehead atoms. The Morgan fingerprint density at radius 3 is 2.96 bits per heavy atom. The Hall–Kier alpha value is -2.90. The largest absolute Gasteiger partial charge is 0.351 e. The molecule has 2 heterocycles. The van der Waals surface area contributed by atoms with Crippen LogP contribution < -0.4 is 11.1 Å². The summed E-state index contributed by atoms with van der Waals surface area (Å²) in [6.45, 7) is 2.99. The van der Waals surface area contributed by atoms with Crippen molar-refractivity contribution < 1.29 is 14.1 Å². The Labute approximate surface area is 139 Å². The number of rotatable bonds is 3. The van der Waals surface area contributed by atoms with Crippen LogP contribution in [0.5, 0.6) is 0 Å². The molecule has 1 aliphatic heterocycles. The number of nitrogens with two attached hydrogens (primary N) is 1. The van der Waals surface area contributed by atoms with Crippen molar-refractivity contribution in [3.05, 3.63) is 41.5 Å². The zero-order valence-electron chi connectivity index (χ0n) is 13.4. The highest BCUT2D eigenvalue weighted by molar-refractivity contribution is 5.96. The van der Waals surface area contributed by atoms with Crippen molar-refractivity contribution in [1.82, 2.24) is 15.0 Å². The number of primary amides is 1. The lowest BCUT2D eigenvalue weighted by molar-refractivity contribution is 0.0695. The van der Waals surface area contributed by atoms with Crippen LogP contribution in [0.2, 0.25) is 0 Å². The second kappa shape index (κ2) is 6.69. The summed E-state index contributed by atoms with van der Waals surface area (Å²) in [6, 6.07) is 6.07. The number of carbonyl (C=O) groups is 2. The van der Waals surface area contributed by atoms with Crippen LogP contribution >= 0.6 is 0 Å². The number of anilines is 1. The second-order valence-corrected chi connectivity index (χ2v) is 5.84. The number of hydrogen-bond donors (Lipinski definition) is 2. The molecule has 1 saturated heterocycles. The SMILES string of the molecule is Cc1noc(C2CCCN(C(=O)c3cccc(NC(N)=O)c3)C2)n1. The van der Waals surface area contributed by atoms with Gasteiger partial charge in [-0.25, -0.2) is 4.79 Å². The van der Waals surface area contributed by atoms with Gasteiger partial charge in [0.05, 0.1) is 5.92 Å². The monoisotopic (exact) mass is 329 g/mol. The first-order valence-electron chi connectivity index (χ1n) is 7.79. The summed E-state index contributed by atoms with van der Waals surface area (Å²) in [7, 11) is 0. The first-order chi connectivity index (χ1) is 11.5. The number of urea groups is 1. The summed E-state index contributed by atoms with van der Waals surface area (Å²) < 4.78 is 5.24. The van der Waals surface area contributed by atoms with Crippen LogP contribution in [0, 0.1) is 6.92 Å². The minimum absolute atomic E-state index is 0.0517. The maximum atomic E-state index is 12.7. The molecule has 1 aromatic heterocycles. The maximum Gasteiger partial charge on any atom is 0.316 e. The molecule has 126 valence electrons. The average molecular weight is 329 g/mol.